The smallest absolute Gasteiger partial charge is 0.297 e. The van der Waals surface area contributed by atoms with Gasteiger partial charge in [-0.2, -0.15) is 0 Å². The molecule has 31 heavy (non-hydrogen) atoms. The number of nitrogens with zero attached hydrogens (tertiary/aromatic N) is 5. The van der Waals surface area contributed by atoms with Crippen LogP contribution in [-0.4, -0.2) is 56.9 Å². The van der Waals surface area contributed by atoms with Crippen LogP contribution >= 0.6 is 22.7 Å². The highest BCUT2D eigenvalue weighted by Crippen LogP contribution is 2.26. The van der Waals surface area contributed by atoms with Gasteiger partial charge in [0.25, 0.3) is 5.91 Å². The maximum atomic E-state index is 12.9. The van der Waals surface area contributed by atoms with Crippen molar-refractivity contribution in [1.29, 1.82) is 0 Å². The first kappa shape index (κ1) is 20.0. The molecule has 0 radical (unpaired) electrons. The maximum absolute atomic E-state index is 12.9. The lowest BCUT2D eigenvalue weighted by atomic mass is 10.3. The highest BCUT2D eigenvalue weighted by atomic mass is 32.1. The second-order valence-corrected chi connectivity index (χ2v) is 8.78. The van der Waals surface area contributed by atoms with Gasteiger partial charge < -0.3 is 4.74 Å². The van der Waals surface area contributed by atoms with E-state index in [1.165, 1.54) is 11.3 Å². The first-order valence-corrected chi connectivity index (χ1v) is 11.6. The molecule has 4 heterocycles. The van der Waals surface area contributed by atoms with Crippen molar-refractivity contribution in [2.75, 3.05) is 31.6 Å². The van der Waals surface area contributed by atoms with Crippen LogP contribution in [0.15, 0.2) is 53.2 Å². The van der Waals surface area contributed by atoms with Crippen LogP contribution in [-0.2, 0) is 11.3 Å². The Morgan fingerprint density at radius 1 is 1.06 bits per heavy atom. The molecule has 0 spiro atoms. The van der Waals surface area contributed by atoms with Crippen LogP contribution in [0.4, 0.5) is 5.13 Å². The fourth-order valence-corrected chi connectivity index (χ4v) is 4.70. The monoisotopic (exact) mass is 452 g/mol. The van der Waals surface area contributed by atoms with Gasteiger partial charge in [0.2, 0.25) is 5.82 Å². The topological polar surface area (TPSA) is 85.2 Å². The number of benzene rings is 1. The number of carbonyl (C=O) groups is 1. The van der Waals surface area contributed by atoms with Crippen LogP contribution < -0.4 is 5.32 Å². The third kappa shape index (κ3) is 4.57. The van der Waals surface area contributed by atoms with E-state index >= 15 is 0 Å². The van der Waals surface area contributed by atoms with E-state index in [0.717, 1.165) is 49.1 Å². The zero-order valence-electron chi connectivity index (χ0n) is 16.6. The Bertz CT molecular complexity index is 1150. The van der Waals surface area contributed by atoms with Gasteiger partial charge in [0, 0.05) is 25.0 Å². The summed E-state index contributed by atoms with van der Waals surface area (Å²) < 4.78 is 7.08. The Balaban J connectivity index is 1.35. The summed E-state index contributed by atoms with van der Waals surface area (Å²) in [6.07, 6.45) is 0. The Labute approximate surface area is 187 Å². The molecule has 158 valence electrons. The largest absolute Gasteiger partial charge is 0.379 e. The Kier molecular flexibility index (Phi) is 5.85. The number of ether oxygens (including phenoxy) is 1. The number of thiophene rings is 1. The van der Waals surface area contributed by atoms with Gasteiger partial charge >= 0.3 is 0 Å². The third-order valence-corrected chi connectivity index (χ3v) is 6.49. The summed E-state index contributed by atoms with van der Waals surface area (Å²) in [6, 6.07) is 13.6. The molecule has 5 rings (SSSR count). The molecule has 0 aliphatic carbocycles. The number of para-hydroxylation sites is 1. The van der Waals surface area contributed by atoms with Gasteiger partial charge in [-0.1, -0.05) is 24.3 Å². The zero-order chi connectivity index (χ0) is 21.0. The summed E-state index contributed by atoms with van der Waals surface area (Å²) in [6.45, 7) is 4.03. The van der Waals surface area contributed by atoms with Crippen molar-refractivity contribution in [3.63, 3.8) is 0 Å². The van der Waals surface area contributed by atoms with E-state index in [1.807, 2.05) is 53.2 Å². The molecule has 4 aromatic rings. The van der Waals surface area contributed by atoms with Crippen LogP contribution in [0.2, 0.25) is 0 Å². The number of rotatable bonds is 6. The number of anilines is 1. The number of nitrogens with one attached hydrogen (secondary N) is 1. The minimum atomic E-state index is -0.375. The summed E-state index contributed by atoms with van der Waals surface area (Å²) in [5.74, 6) is 0.371. The number of hydrogen-bond acceptors (Lipinski definition) is 8. The summed E-state index contributed by atoms with van der Waals surface area (Å²) in [4.78, 5) is 25.2. The molecule has 1 saturated heterocycles. The van der Waals surface area contributed by atoms with Crippen molar-refractivity contribution >= 4 is 33.7 Å². The van der Waals surface area contributed by atoms with Crippen molar-refractivity contribution in [1.82, 2.24) is 24.6 Å². The van der Waals surface area contributed by atoms with Crippen LogP contribution in [0, 0.1) is 0 Å². The summed E-state index contributed by atoms with van der Waals surface area (Å²) in [5.41, 5.74) is 1.78. The van der Waals surface area contributed by atoms with Crippen molar-refractivity contribution in [3.05, 3.63) is 64.7 Å². The van der Waals surface area contributed by atoms with E-state index in [1.54, 1.807) is 16.0 Å². The van der Waals surface area contributed by atoms with E-state index in [2.05, 4.69) is 25.3 Å². The molecular formula is C21H20N6O2S2. The Morgan fingerprint density at radius 3 is 2.68 bits per heavy atom. The fourth-order valence-electron chi connectivity index (χ4n) is 3.30. The highest BCUT2D eigenvalue weighted by Gasteiger charge is 2.20. The Morgan fingerprint density at radius 2 is 1.90 bits per heavy atom. The van der Waals surface area contributed by atoms with Gasteiger partial charge in [-0.25, -0.2) is 14.6 Å². The van der Waals surface area contributed by atoms with E-state index in [-0.39, 0.29) is 11.7 Å². The SMILES string of the molecule is O=C(Nc1nc(CN2CCOCC2)cs1)c1nc(-c2cccs2)n(-c2ccccc2)n1. The standard InChI is InChI=1S/C21H20N6O2S2/c28-20(24-21-22-15(14-31-21)13-26-8-10-29-11-9-26)18-23-19(17-7-4-12-30-17)27(25-18)16-5-2-1-3-6-16/h1-7,12,14H,8-11,13H2,(H,22,24,28). The van der Waals surface area contributed by atoms with Gasteiger partial charge in [0.05, 0.1) is 29.5 Å². The van der Waals surface area contributed by atoms with Crippen molar-refractivity contribution in [2.45, 2.75) is 6.54 Å². The van der Waals surface area contributed by atoms with Crippen molar-refractivity contribution in [3.8, 4) is 16.4 Å². The number of thiazole rings is 1. The predicted molar refractivity (Wildman–Crippen MR) is 121 cm³/mol. The molecule has 10 heteroatoms. The summed E-state index contributed by atoms with van der Waals surface area (Å²) >= 11 is 2.96. The van der Waals surface area contributed by atoms with Gasteiger partial charge in [-0.05, 0) is 23.6 Å². The lowest BCUT2D eigenvalue weighted by molar-refractivity contribution is 0.0337. The minimum absolute atomic E-state index is 0.109. The highest BCUT2D eigenvalue weighted by molar-refractivity contribution is 7.14. The number of carbonyl (C=O) groups excluding carboxylic acids is 1. The average molecular weight is 453 g/mol. The van der Waals surface area contributed by atoms with E-state index in [9.17, 15) is 4.79 Å². The molecule has 1 aromatic carbocycles. The summed E-state index contributed by atoms with van der Waals surface area (Å²) in [5, 5.41) is 11.8. The lowest BCUT2D eigenvalue weighted by Crippen LogP contribution is -2.35. The molecule has 1 amide bonds. The molecule has 0 bridgehead atoms. The first-order valence-electron chi connectivity index (χ1n) is 9.88. The lowest BCUT2D eigenvalue weighted by Gasteiger charge is -2.25. The van der Waals surface area contributed by atoms with Crippen molar-refractivity contribution < 1.29 is 9.53 Å². The van der Waals surface area contributed by atoms with E-state index in [0.29, 0.717) is 11.0 Å². The average Bonchev–Trinajstić information content (AvgIpc) is 3.56. The molecular weight excluding hydrogens is 432 g/mol. The number of amides is 1. The zero-order valence-corrected chi connectivity index (χ0v) is 18.2. The molecule has 1 aliphatic heterocycles. The molecule has 3 aromatic heterocycles. The van der Waals surface area contributed by atoms with Gasteiger partial charge in [0.1, 0.15) is 0 Å². The molecule has 1 aliphatic rings. The van der Waals surface area contributed by atoms with Crippen LogP contribution in [0.5, 0.6) is 0 Å². The van der Waals surface area contributed by atoms with Gasteiger partial charge in [0.15, 0.2) is 11.0 Å². The van der Waals surface area contributed by atoms with Crippen LogP contribution in [0.25, 0.3) is 16.4 Å². The second-order valence-electron chi connectivity index (χ2n) is 6.97. The number of hydrogen-bond donors (Lipinski definition) is 1. The predicted octanol–water partition coefficient (Wildman–Crippen LogP) is 3.54. The number of aromatic nitrogens is 4. The molecule has 0 unspecified atom stereocenters. The van der Waals surface area contributed by atoms with Crippen LogP contribution in [0.3, 0.4) is 0 Å². The number of morpholine rings is 1. The Hall–Kier alpha value is -2.92. The summed E-state index contributed by atoms with van der Waals surface area (Å²) in [7, 11) is 0. The van der Waals surface area contributed by atoms with Crippen LogP contribution in [0.1, 0.15) is 16.3 Å². The second kappa shape index (κ2) is 9.06. The van der Waals surface area contributed by atoms with E-state index < -0.39 is 0 Å². The molecule has 1 fully saturated rings. The normalized spacial score (nSPS) is 14.6. The minimum Gasteiger partial charge on any atom is -0.379 e. The first-order chi connectivity index (χ1) is 15.3. The maximum Gasteiger partial charge on any atom is 0.297 e. The molecule has 1 N–H and O–H groups in total. The molecule has 8 nitrogen and oxygen atoms in total. The molecule has 0 atom stereocenters. The molecule has 0 saturated carbocycles. The third-order valence-electron chi connectivity index (χ3n) is 4.81. The van der Waals surface area contributed by atoms with E-state index in [4.69, 9.17) is 4.74 Å². The quantitative estimate of drug-likeness (QED) is 0.482. The fraction of sp³-hybridized carbons (Fsp3) is 0.238. The van der Waals surface area contributed by atoms with Crippen molar-refractivity contribution in [2.24, 2.45) is 0 Å². The van der Waals surface area contributed by atoms with Gasteiger partial charge in [-0.3, -0.25) is 15.0 Å². The van der Waals surface area contributed by atoms with Gasteiger partial charge in [-0.15, -0.1) is 27.8 Å².